The molecule has 0 fully saturated rings. The van der Waals surface area contributed by atoms with Gasteiger partial charge in [-0.3, -0.25) is 9.59 Å². The molecule has 6 nitrogen and oxygen atoms in total. The summed E-state index contributed by atoms with van der Waals surface area (Å²) in [7, 11) is 0. The number of hydrogen-bond donors (Lipinski definition) is 0. The Morgan fingerprint density at radius 1 is 0.861 bits per heavy atom. The second-order valence-electron chi connectivity index (χ2n) is 8.82. The van der Waals surface area contributed by atoms with E-state index in [0.29, 0.717) is 54.7 Å². The van der Waals surface area contributed by atoms with E-state index >= 15 is 0 Å². The molecule has 0 radical (unpaired) electrons. The van der Waals surface area contributed by atoms with Crippen LogP contribution in [0, 0.1) is 5.41 Å². The van der Waals surface area contributed by atoms with Crippen molar-refractivity contribution in [3.8, 4) is 23.0 Å². The van der Waals surface area contributed by atoms with Crippen LogP contribution in [0.2, 0.25) is 5.02 Å². The predicted octanol–water partition coefficient (Wildman–Crippen LogP) is 7.59. The lowest BCUT2D eigenvalue weighted by atomic mass is 9.79. The molecule has 0 aliphatic heterocycles. The average Bonchev–Trinajstić information content (AvgIpc) is 2.88. The number of fused-ring (bicyclic) bond motifs is 1. The minimum absolute atomic E-state index is 0.211. The molecule has 194 valence electrons. The normalized spacial score (nSPS) is 16.7. The fourth-order valence-electron chi connectivity index (χ4n) is 4.01. The predicted molar refractivity (Wildman–Crippen MR) is 142 cm³/mol. The highest BCUT2D eigenvalue weighted by Gasteiger charge is 2.38. The van der Waals surface area contributed by atoms with Gasteiger partial charge in [-0.2, -0.15) is 0 Å². The summed E-state index contributed by atoms with van der Waals surface area (Å²) in [5, 5.41) is 1.50. The summed E-state index contributed by atoms with van der Waals surface area (Å²) in [4.78, 5) is 26.2. The maximum atomic E-state index is 13.6. The summed E-state index contributed by atoms with van der Waals surface area (Å²) < 4.78 is 24.2. The molecule has 2 aromatic rings. The van der Waals surface area contributed by atoms with Gasteiger partial charge in [-0.1, -0.05) is 63.6 Å². The van der Waals surface area contributed by atoms with Crippen LogP contribution in [-0.4, -0.2) is 25.2 Å². The highest BCUT2D eigenvalue weighted by Crippen LogP contribution is 2.53. The third kappa shape index (κ3) is 6.04. The summed E-state index contributed by atoms with van der Waals surface area (Å²) >= 11 is 6.38. The molecule has 2 aromatic carbocycles. The van der Waals surface area contributed by atoms with Gasteiger partial charge in [0.15, 0.2) is 11.5 Å². The zero-order valence-electron chi connectivity index (χ0n) is 21.5. The van der Waals surface area contributed by atoms with Gasteiger partial charge in [-0.25, -0.2) is 0 Å². The molecule has 1 aliphatic rings. The Morgan fingerprint density at radius 3 is 2.08 bits per heavy atom. The van der Waals surface area contributed by atoms with Crippen molar-refractivity contribution in [1.82, 2.24) is 0 Å². The number of carbonyl (C=O) groups is 2. The van der Waals surface area contributed by atoms with Crippen molar-refractivity contribution in [2.24, 2.45) is 5.41 Å². The molecule has 36 heavy (non-hydrogen) atoms. The summed E-state index contributed by atoms with van der Waals surface area (Å²) in [6.45, 7) is 8.53. The number of rotatable bonds is 12. The first-order valence-corrected chi connectivity index (χ1v) is 13.1. The van der Waals surface area contributed by atoms with Crippen LogP contribution in [0.5, 0.6) is 23.0 Å². The van der Waals surface area contributed by atoms with Gasteiger partial charge in [-0.05, 0) is 50.3 Å². The second-order valence-corrected chi connectivity index (χ2v) is 9.25. The zero-order chi connectivity index (χ0) is 26.1. The molecule has 1 aliphatic carbocycles. The Kier molecular flexibility index (Phi) is 9.82. The van der Waals surface area contributed by atoms with Crippen LogP contribution < -0.4 is 18.9 Å². The van der Waals surface area contributed by atoms with Crippen LogP contribution >= 0.6 is 11.6 Å². The van der Waals surface area contributed by atoms with Crippen LogP contribution in [-0.2, 0) is 9.59 Å². The summed E-state index contributed by atoms with van der Waals surface area (Å²) in [6, 6.07) is 5.13. The highest BCUT2D eigenvalue weighted by atomic mass is 35.5. The molecule has 0 amide bonds. The van der Waals surface area contributed by atoms with Crippen molar-refractivity contribution in [3.05, 3.63) is 47.5 Å². The van der Waals surface area contributed by atoms with E-state index in [2.05, 4.69) is 0 Å². The van der Waals surface area contributed by atoms with Crippen molar-refractivity contribution >= 4 is 34.3 Å². The van der Waals surface area contributed by atoms with E-state index < -0.39 is 11.4 Å². The molecule has 0 aromatic heterocycles. The van der Waals surface area contributed by atoms with E-state index in [1.54, 1.807) is 18.2 Å². The van der Waals surface area contributed by atoms with Crippen molar-refractivity contribution in [3.63, 3.8) is 0 Å². The van der Waals surface area contributed by atoms with Gasteiger partial charge in [0.05, 0.1) is 18.6 Å². The van der Waals surface area contributed by atoms with Gasteiger partial charge >= 0.3 is 11.9 Å². The van der Waals surface area contributed by atoms with E-state index in [9.17, 15) is 9.59 Å². The van der Waals surface area contributed by atoms with Gasteiger partial charge in [0.25, 0.3) is 0 Å². The third-order valence-electron chi connectivity index (χ3n) is 6.04. The number of carbonyl (C=O) groups excluding carboxylic acids is 2. The van der Waals surface area contributed by atoms with Gasteiger partial charge in [0.2, 0.25) is 11.5 Å². The first-order valence-electron chi connectivity index (χ1n) is 12.7. The van der Waals surface area contributed by atoms with Gasteiger partial charge in [-0.15, -0.1) is 0 Å². The molecule has 7 heteroatoms. The number of allylic oxidation sites excluding steroid dienone is 3. The molecule has 0 heterocycles. The van der Waals surface area contributed by atoms with Crippen molar-refractivity contribution in [2.75, 3.05) is 13.2 Å². The Balaban J connectivity index is 2.27. The Morgan fingerprint density at radius 2 is 1.53 bits per heavy atom. The Bertz CT molecular complexity index is 1150. The molecule has 0 N–H and O–H groups in total. The first-order chi connectivity index (χ1) is 17.4. The Labute approximate surface area is 218 Å². The van der Waals surface area contributed by atoms with Crippen LogP contribution in [0.4, 0.5) is 0 Å². The highest BCUT2D eigenvalue weighted by molar-refractivity contribution is 6.31. The number of benzene rings is 2. The SMILES string of the molecule is CCCOc1c(OCCC)c(OC(=O)C2(CC)C=CC=CC2)c2cc(Cl)ccc2c1OC(=O)CCC. The van der Waals surface area contributed by atoms with E-state index in [4.69, 9.17) is 30.5 Å². The number of halogens is 1. The molecule has 3 rings (SSSR count). The van der Waals surface area contributed by atoms with Crippen LogP contribution in [0.15, 0.2) is 42.5 Å². The lowest BCUT2D eigenvalue weighted by Crippen LogP contribution is -2.33. The fraction of sp³-hybridized carbons (Fsp3) is 0.448. The molecule has 0 spiro atoms. The second kappa shape index (κ2) is 12.8. The lowest BCUT2D eigenvalue weighted by molar-refractivity contribution is -0.143. The third-order valence-corrected chi connectivity index (χ3v) is 6.27. The maximum Gasteiger partial charge on any atom is 0.321 e. The minimum Gasteiger partial charge on any atom is -0.486 e. The number of ether oxygens (including phenoxy) is 4. The smallest absolute Gasteiger partial charge is 0.321 e. The quantitative estimate of drug-likeness (QED) is 0.214. The zero-order valence-corrected chi connectivity index (χ0v) is 22.3. The van der Waals surface area contributed by atoms with Crippen molar-refractivity contribution in [2.45, 2.75) is 66.2 Å². The van der Waals surface area contributed by atoms with E-state index in [1.807, 2.05) is 52.0 Å². The van der Waals surface area contributed by atoms with Gasteiger partial charge in [0.1, 0.15) is 0 Å². The summed E-state index contributed by atoms with van der Waals surface area (Å²) in [5.74, 6) is 0.148. The number of esters is 2. The summed E-state index contributed by atoms with van der Waals surface area (Å²) in [5.41, 5.74) is -0.793. The van der Waals surface area contributed by atoms with Crippen LogP contribution in [0.1, 0.15) is 66.2 Å². The number of hydrogen-bond acceptors (Lipinski definition) is 6. The van der Waals surface area contributed by atoms with Crippen LogP contribution in [0.25, 0.3) is 10.8 Å². The Hall–Kier alpha value is -2.99. The monoisotopic (exact) mass is 514 g/mol. The van der Waals surface area contributed by atoms with Crippen molar-refractivity contribution < 1.29 is 28.5 Å². The average molecular weight is 515 g/mol. The minimum atomic E-state index is -0.793. The fourth-order valence-corrected chi connectivity index (χ4v) is 4.18. The maximum absolute atomic E-state index is 13.6. The lowest BCUT2D eigenvalue weighted by Gasteiger charge is -2.28. The molecular weight excluding hydrogens is 480 g/mol. The summed E-state index contributed by atoms with van der Waals surface area (Å²) in [6.07, 6.45) is 11.1. The van der Waals surface area contributed by atoms with Crippen LogP contribution in [0.3, 0.4) is 0 Å². The van der Waals surface area contributed by atoms with Gasteiger partial charge < -0.3 is 18.9 Å². The molecule has 0 bridgehead atoms. The largest absolute Gasteiger partial charge is 0.486 e. The standard InChI is InChI=1S/C29H35ClO6/c1-5-12-23(31)35-24-21-14-13-20(30)19-22(21)25(27(34-18-7-3)26(24)33-17-6-2)36-28(32)29(8-4)15-10-9-11-16-29/h9-11,13-15,19H,5-8,12,16-18H2,1-4H3. The van der Waals surface area contributed by atoms with E-state index in [-0.39, 0.29) is 35.4 Å². The van der Waals surface area contributed by atoms with E-state index in [1.165, 1.54) is 0 Å². The molecule has 1 atom stereocenters. The molecular formula is C29H35ClO6. The molecule has 0 saturated heterocycles. The van der Waals surface area contributed by atoms with Gasteiger partial charge in [0, 0.05) is 22.2 Å². The molecule has 0 saturated carbocycles. The topological polar surface area (TPSA) is 71.1 Å². The van der Waals surface area contributed by atoms with Crippen molar-refractivity contribution in [1.29, 1.82) is 0 Å². The van der Waals surface area contributed by atoms with E-state index in [0.717, 1.165) is 6.42 Å². The first kappa shape index (κ1) is 27.6. The molecule has 1 unspecified atom stereocenters.